The van der Waals surface area contributed by atoms with Crippen molar-refractivity contribution in [2.24, 2.45) is 5.73 Å². The maximum Gasteiger partial charge on any atom is 0.240 e. The van der Waals surface area contributed by atoms with Crippen molar-refractivity contribution < 1.29 is 9.59 Å². The molecule has 1 aliphatic carbocycles. The number of thioether (sulfide) groups is 1. The zero-order valence-electron chi connectivity index (χ0n) is 9.63. The van der Waals surface area contributed by atoms with Crippen LogP contribution in [0.4, 0.5) is 0 Å². The predicted molar refractivity (Wildman–Crippen MR) is 63.6 cm³/mol. The number of rotatable bonds is 4. The number of nitrogens with two attached hydrogens (primary N) is 1. The first-order valence-corrected chi connectivity index (χ1v) is 6.71. The van der Waals surface area contributed by atoms with E-state index in [1.54, 1.807) is 0 Å². The van der Waals surface area contributed by atoms with E-state index in [1.807, 2.05) is 4.57 Å². The van der Waals surface area contributed by atoms with Gasteiger partial charge in [0, 0.05) is 12.5 Å². The minimum absolute atomic E-state index is 0.207. The molecule has 0 spiro atoms. The number of carbonyl (C=O) groups excluding carboxylic acids is 2. The average molecular weight is 267 g/mol. The molecule has 1 atom stereocenters. The Morgan fingerprint density at radius 3 is 2.72 bits per heavy atom. The molecule has 18 heavy (non-hydrogen) atoms. The van der Waals surface area contributed by atoms with Crippen molar-refractivity contribution in [3.05, 3.63) is 5.82 Å². The van der Waals surface area contributed by atoms with Crippen LogP contribution in [-0.4, -0.2) is 31.8 Å². The molecule has 1 aliphatic heterocycles. The van der Waals surface area contributed by atoms with Crippen LogP contribution in [0.1, 0.15) is 31.1 Å². The van der Waals surface area contributed by atoms with Crippen LogP contribution >= 0.6 is 11.8 Å². The van der Waals surface area contributed by atoms with Gasteiger partial charge in [0.15, 0.2) is 5.16 Å². The molecule has 0 radical (unpaired) electrons. The summed E-state index contributed by atoms with van der Waals surface area (Å²) in [5.74, 6) is 0.267. The van der Waals surface area contributed by atoms with E-state index in [0.717, 1.165) is 18.7 Å². The van der Waals surface area contributed by atoms with Gasteiger partial charge in [0.25, 0.3) is 0 Å². The summed E-state index contributed by atoms with van der Waals surface area (Å²) >= 11 is 1.30. The molecule has 2 fully saturated rings. The zero-order chi connectivity index (χ0) is 12.7. The summed E-state index contributed by atoms with van der Waals surface area (Å²) in [6.45, 7) is 0.333. The van der Waals surface area contributed by atoms with E-state index in [2.05, 4.69) is 15.5 Å². The average Bonchev–Trinajstić information content (AvgIpc) is 3.02. The summed E-state index contributed by atoms with van der Waals surface area (Å²) < 4.78 is 2.00. The van der Waals surface area contributed by atoms with E-state index in [0.29, 0.717) is 17.7 Å². The maximum atomic E-state index is 11.5. The number of amides is 2. The molecule has 1 saturated heterocycles. The van der Waals surface area contributed by atoms with Crippen LogP contribution < -0.4 is 11.1 Å². The summed E-state index contributed by atoms with van der Waals surface area (Å²) in [5.41, 5.74) is 5.62. The molecule has 1 aromatic rings. The minimum Gasteiger partial charge on any atom is -0.324 e. The highest BCUT2D eigenvalue weighted by atomic mass is 32.2. The molecule has 1 unspecified atom stereocenters. The molecular formula is C10H13N5O2S. The zero-order valence-corrected chi connectivity index (χ0v) is 10.4. The first-order valence-electron chi connectivity index (χ1n) is 5.83. The van der Waals surface area contributed by atoms with Crippen molar-refractivity contribution in [1.29, 1.82) is 0 Å². The van der Waals surface area contributed by atoms with Crippen LogP contribution in [0.2, 0.25) is 0 Å². The second-order valence-electron chi connectivity index (χ2n) is 4.43. The van der Waals surface area contributed by atoms with Crippen LogP contribution in [0.25, 0.3) is 0 Å². The second kappa shape index (κ2) is 4.36. The normalized spacial score (nSPS) is 23.5. The van der Waals surface area contributed by atoms with E-state index in [9.17, 15) is 9.59 Å². The highest BCUT2D eigenvalue weighted by Crippen LogP contribution is 2.40. The SMILES string of the molecule is NCc1nnc(SC2CC(=O)NC2=O)n1C1CC1. The fourth-order valence-corrected chi connectivity index (χ4v) is 3.09. The molecule has 0 bridgehead atoms. The standard InChI is InChI=1S/C10H13N5O2S/c11-4-7-13-14-10(15(7)5-1-2-5)18-6-3-8(16)12-9(6)17/h5-6H,1-4,11H2,(H,12,16,17). The Morgan fingerprint density at radius 1 is 1.39 bits per heavy atom. The number of aromatic nitrogens is 3. The van der Waals surface area contributed by atoms with E-state index >= 15 is 0 Å². The van der Waals surface area contributed by atoms with Gasteiger partial charge < -0.3 is 10.3 Å². The lowest BCUT2D eigenvalue weighted by atomic mass is 10.4. The summed E-state index contributed by atoms with van der Waals surface area (Å²) in [7, 11) is 0. The van der Waals surface area contributed by atoms with Crippen LogP contribution in [0.5, 0.6) is 0 Å². The Balaban J connectivity index is 1.82. The predicted octanol–water partition coefficient (Wildman–Crippen LogP) is -0.421. The van der Waals surface area contributed by atoms with Gasteiger partial charge in [-0.1, -0.05) is 11.8 Å². The Kier molecular flexibility index (Phi) is 2.83. The van der Waals surface area contributed by atoms with Gasteiger partial charge in [0.2, 0.25) is 11.8 Å². The molecule has 8 heteroatoms. The number of nitrogens with zero attached hydrogens (tertiary/aromatic N) is 3. The van der Waals surface area contributed by atoms with Gasteiger partial charge >= 0.3 is 0 Å². The Bertz CT molecular complexity index is 510. The molecule has 2 aliphatic rings. The van der Waals surface area contributed by atoms with Gasteiger partial charge in [-0.3, -0.25) is 14.9 Å². The van der Waals surface area contributed by atoms with Crippen molar-refractivity contribution in [1.82, 2.24) is 20.1 Å². The molecule has 7 nitrogen and oxygen atoms in total. The minimum atomic E-state index is -0.398. The number of hydrogen-bond donors (Lipinski definition) is 2. The third-order valence-corrected chi connectivity index (χ3v) is 4.16. The highest BCUT2D eigenvalue weighted by Gasteiger charge is 2.35. The largest absolute Gasteiger partial charge is 0.324 e. The smallest absolute Gasteiger partial charge is 0.240 e. The van der Waals surface area contributed by atoms with E-state index < -0.39 is 5.25 Å². The molecule has 2 heterocycles. The van der Waals surface area contributed by atoms with E-state index in [4.69, 9.17) is 5.73 Å². The fourth-order valence-electron chi connectivity index (χ4n) is 1.98. The van der Waals surface area contributed by atoms with Crippen molar-refractivity contribution in [3.8, 4) is 0 Å². The quantitative estimate of drug-likeness (QED) is 0.718. The maximum absolute atomic E-state index is 11.5. The van der Waals surface area contributed by atoms with Crippen LogP contribution in [0.15, 0.2) is 5.16 Å². The van der Waals surface area contributed by atoms with Crippen molar-refractivity contribution >= 4 is 23.6 Å². The third kappa shape index (κ3) is 2.01. The second-order valence-corrected chi connectivity index (χ2v) is 5.60. The Morgan fingerprint density at radius 2 is 2.17 bits per heavy atom. The summed E-state index contributed by atoms with van der Waals surface area (Å²) in [4.78, 5) is 22.7. The van der Waals surface area contributed by atoms with Crippen LogP contribution in [0, 0.1) is 0 Å². The molecule has 1 aromatic heterocycles. The van der Waals surface area contributed by atoms with Gasteiger partial charge in [-0.25, -0.2) is 0 Å². The molecule has 3 N–H and O–H groups in total. The van der Waals surface area contributed by atoms with Crippen LogP contribution in [-0.2, 0) is 16.1 Å². The lowest BCUT2D eigenvalue weighted by Gasteiger charge is -2.09. The monoisotopic (exact) mass is 267 g/mol. The van der Waals surface area contributed by atoms with Gasteiger partial charge in [0.05, 0.1) is 6.54 Å². The van der Waals surface area contributed by atoms with Gasteiger partial charge in [-0.05, 0) is 12.8 Å². The first kappa shape index (κ1) is 11.7. The first-order chi connectivity index (χ1) is 8.69. The van der Waals surface area contributed by atoms with Crippen molar-refractivity contribution in [2.75, 3.05) is 0 Å². The topological polar surface area (TPSA) is 103 Å². The highest BCUT2D eigenvalue weighted by molar-refractivity contribution is 8.00. The Hall–Kier alpha value is -1.41. The van der Waals surface area contributed by atoms with Gasteiger partial charge in [0.1, 0.15) is 11.1 Å². The number of imide groups is 1. The molecule has 3 rings (SSSR count). The lowest BCUT2D eigenvalue weighted by molar-refractivity contribution is -0.124. The molecular weight excluding hydrogens is 254 g/mol. The number of carbonyl (C=O) groups is 2. The molecule has 1 saturated carbocycles. The lowest BCUT2D eigenvalue weighted by Crippen LogP contribution is -2.23. The van der Waals surface area contributed by atoms with E-state index in [1.165, 1.54) is 11.8 Å². The van der Waals surface area contributed by atoms with Crippen molar-refractivity contribution in [2.45, 2.75) is 42.3 Å². The van der Waals surface area contributed by atoms with Crippen LogP contribution in [0.3, 0.4) is 0 Å². The fraction of sp³-hybridized carbons (Fsp3) is 0.600. The van der Waals surface area contributed by atoms with Crippen molar-refractivity contribution in [3.63, 3.8) is 0 Å². The summed E-state index contributed by atoms with van der Waals surface area (Å²) in [5, 5.41) is 10.7. The summed E-state index contributed by atoms with van der Waals surface area (Å²) in [6.07, 6.45) is 2.39. The molecule has 0 aromatic carbocycles. The number of hydrogen-bond acceptors (Lipinski definition) is 6. The van der Waals surface area contributed by atoms with E-state index in [-0.39, 0.29) is 18.2 Å². The third-order valence-electron chi connectivity index (χ3n) is 3.00. The molecule has 96 valence electrons. The summed E-state index contributed by atoms with van der Waals surface area (Å²) in [6, 6.07) is 0.404. The molecule has 2 amide bonds. The Labute approximate surface area is 108 Å². The van der Waals surface area contributed by atoms with Gasteiger partial charge in [-0.15, -0.1) is 10.2 Å². The van der Waals surface area contributed by atoms with Gasteiger partial charge in [-0.2, -0.15) is 0 Å². The number of nitrogens with one attached hydrogen (secondary N) is 1.